The minimum atomic E-state index is 0.147. The first-order valence-electron chi connectivity index (χ1n) is 4.62. The van der Waals surface area contributed by atoms with Gasteiger partial charge in [-0.25, -0.2) is 0 Å². The summed E-state index contributed by atoms with van der Waals surface area (Å²) in [5.74, 6) is 0.838. The van der Waals surface area contributed by atoms with Gasteiger partial charge in [-0.15, -0.1) is 0 Å². The van der Waals surface area contributed by atoms with Crippen molar-refractivity contribution in [3.63, 3.8) is 0 Å². The molecule has 1 unspecified atom stereocenters. The fourth-order valence-corrected chi connectivity index (χ4v) is 1.01. The zero-order valence-corrected chi connectivity index (χ0v) is 8.06. The second-order valence-corrected chi connectivity index (χ2v) is 3.63. The highest BCUT2D eigenvalue weighted by Crippen LogP contribution is 2.04. The molecule has 0 saturated carbocycles. The van der Waals surface area contributed by atoms with Crippen LogP contribution >= 0.6 is 0 Å². The highest BCUT2D eigenvalue weighted by molar-refractivity contribution is 4.52. The van der Waals surface area contributed by atoms with Crippen LogP contribution in [0.2, 0.25) is 0 Å². The molecule has 0 rings (SSSR count). The molecule has 0 aromatic rings. The first-order chi connectivity index (χ1) is 5.13. The molecule has 0 aliphatic carbocycles. The first kappa shape index (κ1) is 10.9. The van der Waals surface area contributed by atoms with Gasteiger partial charge in [0.1, 0.15) is 0 Å². The molecule has 0 heterocycles. The normalized spacial score (nSPS) is 13.9. The zero-order chi connectivity index (χ0) is 8.69. The molecule has 0 aliphatic rings. The molecule has 0 aliphatic heterocycles. The lowest BCUT2D eigenvalue weighted by molar-refractivity contribution is 0.496. The van der Waals surface area contributed by atoms with Gasteiger partial charge in [-0.3, -0.25) is 0 Å². The van der Waals surface area contributed by atoms with Crippen LogP contribution in [0.3, 0.4) is 0 Å². The maximum absolute atomic E-state index is 5.52. The molecule has 1 atom stereocenters. The Morgan fingerprint density at radius 3 is 2.27 bits per heavy atom. The Morgan fingerprint density at radius 1 is 1.18 bits per heavy atom. The lowest BCUT2D eigenvalue weighted by atomic mass is 10.1. The van der Waals surface area contributed by atoms with Crippen molar-refractivity contribution in [3.8, 4) is 0 Å². The minimum absolute atomic E-state index is 0.147. The molecular formula is C9H22N2. The molecule has 0 bridgehead atoms. The molecule has 68 valence electrons. The second kappa shape index (κ2) is 6.62. The van der Waals surface area contributed by atoms with Crippen molar-refractivity contribution in [2.45, 2.75) is 46.2 Å². The molecule has 0 aromatic carbocycles. The van der Waals surface area contributed by atoms with E-state index in [1.807, 2.05) is 6.92 Å². The SMILES string of the molecule is CC(C)CCCCNC(C)N. The molecule has 11 heavy (non-hydrogen) atoms. The third-order valence-electron chi connectivity index (χ3n) is 1.67. The molecule has 2 nitrogen and oxygen atoms in total. The van der Waals surface area contributed by atoms with E-state index in [2.05, 4.69) is 19.2 Å². The summed E-state index contributed by atoms with van der Waals surface area (Å²) in [5.41, 5.74) is 5.52. The van der Waals surface area contributed by atoms with Crippen LogP contribution in [-0.2, 0) is 0 Å². The van der Waals surface area contributed by atoms with Gasteiger partial charge in [0, 0.05) is 0 Å². The number of unbranched alkanes of at least 4 members (excludes halogenated alkanes) is 1. The van der Waals surface area contributed by atoms with E-state index < -0.39 is 0 Å². The predicted molar refractivity (Wildman–Crippen MR) is 50.3 cm³/mol. The van der Waals surface area contributed by atoms with E-state index in [0.29, 0.717) is 0 Å². The third-order valence-corrected chi connectivity index (χ3v) is 1.67. The van der Waals surface area contributed by atoms with Gasteiger partial charge >= 0.3 is 0 Å². The van der Waals surface area contributed by atoms with Gasteiger partial charge in [0.2, 0.25) is 0 Å². The predicted octanol–water partition coefficient (Wildman–Crippen LogP) is 1.71. The molecule has 0 spiro atoms. The Morgan fingerprint density at radius 2 is 1.82 bits per heavy atom. The number of rotatable bonds is 6. The summed E-state index contributed by atoms with van der Waals surface area (Å²) in [7, 11) is 0. The Bertz CT molecular complexity index is 69.6. The molecule has 0 aromatic heterocycles. The van der Waals surface area contributed by atoms with Crippen LogP contribution in [0, 0.1) is 5.92 Å². The number of hydrogen-bond acceptors (Lipinski definition) is 2. The Balaban J connectivity index is 2.91. The van der Waals surface area contributed by atoms with E-state index >= 15 is 0 Å². The lowest BCUT2D eigenvalue weighted by Gasteiger charge is -2.08. The number of nitrogens with one attached hydrogen (secondary N) is 1. The standard InChI is InChI=1S/C9H22N2/c1-8(2)6-4-5-7-11-9(3)10/h8-9,11H,4-7,10H2,1-3H3. The van der Waals surface area contributed by atoms with Gasteiger partial charge < -0.3 is 11.1 Å². The summed E-state index contributed by atoms with van der Waals surface area (Å²) in [6, 6.07) is 0. The van der Waals surface area contributed by atoms with Crippen LogP contribution < -0.4 is 11.1 Å². The molecule has 0 amide bonds. The van der Waals surface area contributed by atoms with Gasteiger partial charge in [-0.2, -0.15) is 0 Å². The van der Waals surface area contributed by atoms with E-state index in [9.17, 15) is 0 Å². The third kappa shape index (κ3) is 9.92. The van der Waals surface area contributed by atoms with Crippen LogP contribution in [0.25, 0.3) is 0 Å². The molecular weight excluding hydrogens is 136 g/mol. The largest absolute Gasteiger partial charge is 0.316 e. The quantitative estimate of drug-likeness (QED) is 0.456. The maximum Gasteiger partial charge on any atom is 0.0517 e. The van der Waals surface area contributed by atoms with Crippen molar-refractivity contribution in [3.05, 3.63) is 0 Å². The van der Waals surface area contributed by atoms with Gasteiger partial charge in [-0.1, -0.05) is 26.7 Å². The van der Waals surface area contributed by atoms with Crippen molar-refractivity contribution in [1.29, 1.82) is 0 Å². The van der Waals surface area contributed by atoms with Crippen LogP contribution in [0.4, 0.5) is 0 Å². The summed E-state index contributed by atoms with van der Waals surface area (Å²) >= 11 is 0. The van der Waals surface area contributed by atoms with E-state index in [-0.39, 0.29) is 6.17 Å². The topological polar surface area (TPSA) is 38.0 Å². The van der Waals surface area contributed by atoms with E-state index in [1.165, 1.54) is 19.3 Å². The lowest BCUT2D eigenvalue weighted by Crippen LogP contribution is -2.34. The molecule has 2 heteroatoms. The Hall–Kier alpha value is -0.0800. The number of hydrogen-bond donors (Lipinski definition) is 2. The summed E-state index contributed by atoms with van der Waals surface area (Å²) in [6.07, 6.45) is 4.05. The van der Waals surface area contributed by atoms with Crippen molar-refractivity contribution >= 4 is 0 Å². The monoisotopic (exact) mass is 158 g/mol. The first-order valence-corrected chi connectivity index (χ1v) is 4.62. The van der Waals surface area contributed by atoms with Crippen molar-refractivity contribution in [2.24, 2.45) is 11.7 Å². The zero-order valence-electron chi connectivity index (χ0n) is 8.06. The van der Waals surface area contributed by atoms with E-state index in [4.69, 9.17) is 5.73 Å². The summed E-state index contributed by atoms with van der Waals surface area (Å²) < 4.78 is 0. The van der Waals surface area contributed by atoms with Crippen LogP contribution in [0.15, 0.2) is 0 Å². The van der Waals surface area contributed by atoms with E-state index in [0.717, 1.165) is 12.5 Å². The van der Waals surface area contributed by atoms with E-state index in [1.54, 1.807) is 0 Å². The highest BCUT2D eigenvalue weighted by Gasteiger charge is 1.94. The van der Waals surface area contributed by atoms with Gasteiger partial charge in [0.15, 0.2) is 0 Å². The van der Waals surface area contributed by atoms with Crippen molar-refractivity contribution in [1.82, 2.24) is 5.32 Å². The highest BCUT2D eigenvalue weighted by atomic mass is 15.0. The summed E-state index contributed by atoms with van der Waals surface area (Å²) in [6.45, 7) is 7.56. The Kier molecular flexibility index (Phi) is 6.57. The Labute approximate surface area is 70.5 Å². The van der Waals surface area contributed by atoms with Crippen LogP contribution in [0.5, 0.6) is 0 Å². The smallest absolute Gasteiger partial charge is 0.0517 e. The molecule has 0 saturated heterocycles. The van der Waals surface area contributed by atoms with Gasteiger partial charge in [0.25, 0.3) is 0 Å². The second-order valence-electron chi connectivity index (χ2n) is 3.63. The molecule has 0 fully saturated rings. The van der Waals surface area contributed by atoms with Gasteiger partial charge in [-0.05, 0) is 25.8 Å². The molecule has 0 radical (unpaired) electrons. The average molecular weight is 158 g/mol. The van der Waals surface area contributed by atoms with Crippen LogP contribution in [0.1, 0.15) is 40.0 Å². The average Bonchev–Trinajstić information content (AvgIpc) is 1.85. The minimum Gasteiger partial charge on any atom is -0.316 e. The maximum atomic E-state index is 5.52. The number of nitrogens with two attached hydrogens (primary N) is 1. The fourth-order valence-electron chi connectivity index (χ4n) is 1.01. The fraction of sp³-hybridized carbons (Fsp3) is 1.00. The molecule has 3 N–H and O–H groups in total. The summed E-state index contributed by atoms with van der Waals surface area (Å²) in [5, 5.41) is 3.20. The van der Waals surface area contributed by atoms with Crippen molar-refractivity contribution < 1.29 is 0 Å². The summed E-state index contributed by atoms with van der Waals surface area (Å²) in [4.78, 5) is 0. The van der Waals surface area contributed by atoms with Crippen LogP contribution in [-0.4, -0.2) is 12.7 Å². The van der Waals surface area contributed by atoms with Crippen molar-refractivity contribution in [2.75, 3.05) is 6.54 Å². The van der Waals surface area contributed by atoms with Gasteiger partial charge in [0.05, 0.1) is 6.17 Å².